The first-order valence-electron chi connectivity index (χ1n) is 9.22. The number of methoxy groups -OCH3 is 1. The predicted molar refractivity (Wildman–Crippen MR) is 104 cm³/mol. The number of carbonyl (C=O) groups excluding carboxylic acids is 1. The van der Waals surface area contributed by atoms with Crippen LogP contribution in [0.25, 0.3) is 11.4 Å². The largest absolute Gasteiger partial charge is 0.481 e. The number of nitrogens with zero attached hydrogens (tertiary/aromatic N) is 2. The van der Waals surface area contributed by atoms with Crippen molar-refractivity contribution in [3.8, 4) is 17.3 Å². The van der Waals surface area contributed by atoms with Crippen molar-refractivity contribution in [3.63, 3.8) is 0 Å². The number of aliphatic hydroxyl groups excluding tert-OH is 1. The number of aromatic amines is 1. The van der Waals surface area contributed by atoms with Crippen LogP contribution in [0.3, 0.4) is 0 Å². The molecule has 2 heterocycles. The molecule has 0 radical (unpaired) electrons. The molecule has 1 amide bonds. The topological polar surface area (TPSA) is 100 Å². The third-order valence-corrected chi connectivity index (χ3v) is 5.13. The van der Waals surface area contributed by atoms with Crippen LogP contribution in [0, 0.1) is 5.92 Å². The number of H-pyrrole nitrogens is 1. The Kier molecular flexibility index (Phi) is 5.08. The maximum Gasteiger partial charge on any atom is 0.251 e. The van der Waals surface area contributed by atoms with Crippen LogP contribution < -0.4 is 10.1 Å². The minimum Gasteiger partial charge on any atom is -0.481 e. The van der Waals surface area contributed by atoms with E-state index in [1.165, 1.54) is 0 Å². The molecule has 3 N–H and O–H groups in total. The summed E-state index contributed by atoms with van der Waals surface area (Å²) in [7, 11) is 1.57. The smallest absolute Gasteiger partial charge is 0.251 e. The summed E-state index contributed by atoms with van der Waals surface area (Å²) >= 11 is 0. The van der Waals surface area contributed by atoms with E-state index in [-0.39, 0.29) is 24.0 Å². The predicted octanol–water partition coefficient (Wildman–Crippen LogP) is 2.72. The average Bonchev–Trinajstić information content (AvgIpc) is 3.25. The lowest BCUT2D eigenvalue weighted by molar-refractivity contribution is 0.0234. The van der Waals surface area contributed by atoms with Gasteiger partial charge in [0.2, 0.25) is 5.88 Å². The lowest BCUT2D eigenvalue weighted by Crippen LogP contribution is -2.41. The van der Waals surface area contributed by atoms with Crippen molar-refractivity contribution in [2.75, 3.05) is 7.11 Å². The van der Waals surface area contributed by atoms with Gasteiger partial charge in [-0.1, -0.05) is 18.2 Å². The van der Waals surface area contributed by atoms with E-state index in [1.54, 1.807) is 37.8 Å². The summed E-state index contributed by atoms with van der Waals surface area (Å²) in [5.41, 5.74) is 2.30. The second-order valence-corrected chi connectivity index (χ2v) is 6.99. The molecule has 0 unspecified atom stereocenters. The van der Waals surface area contributed by atoms with Gasteiger partial charge in [-0.05, 0) is 36.5 Å². The summed E-state index contributed by atoms with van der Waals surface area (Å²) in [6.07, 6.45) is 6.14. The van der Waals surface area contributed by atoms with Gasteiger partial charge < -0.3 is 20.1 Å². The van der Waals surface area contributed by atoms with E-state index in [4.69, 9.17) is 4.74 Å². The molecule has 2 aromatic heterocycles. The molecule has 1 saturated carbocycles. The number of hydrogen-bond acceptors (Lipinski definition) is 5. The molecule has 3 aromatic rings. The third-order valence-electron chi connectivity index (χ3n) is 5.13. The molecule has 1 aliphatic carbocycles. The number of ether oxygens (including phenoxy) is 1. The first-order chi connectivity index (χ1) is 13.6. The summed E-state index contributed by atoms with van der Waals surface area (Å²) in [5.74, 6) is 1.24. The molecule has 28 heavy (non-hydrogen) atoms. The number of amides is 1. The highest BCUT2D eigenvalue weighted by atomic mass is 16.5. The number of aliphatic hydroxyl groups is 1. The number of rotatable bonds is 6. The summed E-state index contributed by atoms with van der Waals surface area (Å²) in [5, 5.41) is 12.9. The van der Waals surface area contributed by atoms with Crippen molar-refractivity contribution in [1.82, 2.24) is 20.3 Å². The Morgan fingerprint density at radius 1 is 1.29 bits per heavy atom. The molecule has 0 bridgehead atoms. The number of hydrogen-bond donors (Lipinski definition) is 3. The van der Waals surface area contributed by atoms with E-state index in [0.29, 0.717) is 30.1 Å². The monoisotopic (exact) mass is 378 g/mol. The number of aromatic nitrogens is 3. The van der Waals surface area contributed by atoms with Crippen molar-refractivity contribution in [3.05, 3.63) is 66.1 Å². The number of nitrogens with one attached hydrogen (secondary N) is 2. The maximum atomic E-state index is 13.0. The first kappa shape index (κ1) is 18.2. The maximum absolute atomic E-state index is 13.0. The molecule has 4 rings (SSSR count). The van der Waals surface area contributed by atoms with Gasteiger partial charge in [0.1, 0.15) is 5.82 Å². The highest BCUT2D eigenvalue weighted by molar-refractivity contribution is 5.95. The van der Waals surface area contributed by atoms with Gasteiger partial charge in [0, 0.05) is 35.8 Å². The first-order valence-corrected chi connectivity index (χ1v) is 9.22. The number of pyridine rings is 1. The van der Waals surface area contributed by atoms with Gasteiger partial charge in [0.15, 0.2) is 0 Å². The number of imidazole rings is 1. The van der Waals surface area contributed by atoms with Crippen LogP contribution in [0.2, 0.25) is 0 Å². The molecule has 144 valence electrons. The van der Waals surface area contributed by atoms with E-state index in [9.17, 15) is 9.90 Å². The highest BCUT2D eigenvalue weighted by Crippen LogP contribution is 2.38. The number of carbonyl (C=O) groups is 1. The zero-order chi connectivity index (χ0) is 19.5. The lowest BCUT2D eigenvalue weighted by Gasteiger charge is -2.38. The van der Waals surface area contributed by atoms with E-state index in [1.807, 2.05) is 24.3 Å². The minimum absolute atomic E-state index is 0.169. The highest BCUT2D eigenvalue weighted by Gasteiger charge is 2.36. The molecule has 0 spiro atoms. The van der Waals surface area contributed by atoms with Crippen LogP contribution in [0.15, 0.2) is 55.0 Å². The minimum atomic E-state index is -0.308. The van der Waals surface area contributed by atoms with Crippen molar-refractivity contribution >= 4 is 5.91 Å². The van der Waals surface area contributed by atoms with Crippen LogP contribution in [-0.2, 0) is 0 Å². The summed E-state index contributed by atoms with van der Waals surface area (Å²) in [6.45, 7) is 0. The standard InChI is InChI=1S/C21H22N4O3/c1-28-18-6-5-15(12-24-18)19(16-10-17(26)11-16)25-21(27)14-4-2-3-13(9-14)20-22-7-8-23-20/h2-9,12,16-17,19,26H,10-11H2,1H3,(H,22,23)(H,25,27)/t16?,17?,19-/m1/s1. The van der Waals surface area contributed by atoms with Crippen molar-refractivity contribution in [2.45, 2.75) is 25.0 Å². The Morgan fingerprint density at radius 3 is 2.79 bits per heavy atom. The number of benzene rings is 1. The van der Waals surface area contributed by atoms with Gasteiger partial charge >= 0.3 is 0 Å². The third kappa shape index (κ3) is 3.75. The SMILES string of the molecule is COc1ccc([C@@H](NC(=O)c2cccc(-c3ncc[nH]3)c2)C2CC(O)C2)cn1. The Morgan fingerprint density at radius 2 is 2.14 bits per heavy atom. The lowest BCUT2D eigenvalue weighted by atomic mass is 9.75. The van der Waals surface area contributed by atoms with Crippen LogP contribution >= 0.6 is 0 Å². The Balaban J connectivity index is 1.56. The van der Waals surface area contributed by atoms with Gasteiger partial charge in [-0.15, -0.1) is 0 Å². The molecule has 1 fully saturated rings. The molecule has 7 heteroatoms. The fourth-order valence-electron chi connectivity index (χ4n) is 3.53. The summed E-state index contributed by atoms with van der Waals surface area (Å²) < 4.78 is 5.12. The van der Waals surface area contributed by atoms with Crippen LogP contribution in [0.1, 0.15) is 34.8 Å². The molecule has 1 aliphatic rings. The van der Waals surface area contributed by atoms with Gasteiger partial charge in [-0.3, -0.25) is 4.79 Å². The molecular weight excluding hydrogens is 356 g/mol. The average molecular weight is 378 g/mol. The molecule has 0 aliphatic heterocycles. The summed E-state index contributed by atoms with van der Waals surface area (Å²) in [4.78, 5) is 24.5. The fraction of sp³-hybridized carbons (Fsp3) is 0.286. The zero-order valence-corrected chi connectivity index (χ0v) is 15.5. The van der Waals surface area contributed by atoms with E-state index >= 15 is 0 Å². The molecule has 1 atom stereocenters. The van der Waals surface area contributed by atoms with Gasteiger partial charge in [-0.2, -0.15) is 0 Å². The molecule has 1 aromatic carbocycles. The van der Waals surface area contributed by atoms with Crippen molar-refractivity contribution in [1.29, 1.82) is 0 Å². The second kappa shape index (κ2) is 7.82. The Bertz CT molecular complexity index is 935. The van der Waals surface area contributed by atoms with E-state index in [2.05, 4.69) is 20.3 Å². The van der Waals surface area contributed by atoms with Crippen molar-refractivity contribution < 1.29 is 14.6 Å². The quantitative estimate of drug-likeness (QED) is 0.612. The van der Waals surface area contributed by atoms with Crippen LogP contribution in [0.5, 0.6) is 5.88 Å². The zero-order valence-electron chi connectivity index (χ0n) is 15.5. The van der Waals surface area contributed by atoms with Gasteiger partial charge in [0.05, 0.1) is 19.3 Å². The normalized spacial score (nSPS) is 19.5. The molecule has 7 nitrogen and oxygen atoms in total. The van der Waals surface area contributed by atoms with Gasteiger partial charge in [-0.25, -0.2) is 9.97 Å². The Labute approximate surface area is 162 Å². The van der Waals surface area contributed by atoms with Crippen LogP contribution in [0.4, 0.5) is 0 Å². The van der Waals surface area contributed by atoms with Crippen molar-refractivity contribution in [2.24, 2.45) is 5.92 Å². The summed E-state index contributed by atoms with van der Waals surface area (Å²) in [6, 6.07) is 10.8. The van der Waals surface area contributed by atoms with E-state index < -0.39 is 0 Å². The molecule has 0 saturated heterocycles. The molecular formula is C21H22N4O3. The Hall–Kier alpha value is -3.19. The van der Waals surface area contributed by atoms with Crippen LogP contribution in [-0.4, -0.2) is 39.2 Å². The van der Waals surface area contributed by atoms with Gasteiger partial charge in [0.25, 0.3) is 5.91 Å². The fourth-order valence-corrected chi connectivity index (χ4v) is 3.53. The second-order valence-electron chi connectivity index (χ2n) is 6.99. The van der Waals surface area contributed by atoms with E-state index in [0.717, 1.165) is 11.1 Å².